The van der Waals surface area contributed by atoms with Crippen LogP contribution in [0.4, 0.5) is 0 Å². The summed E-state index contributed by atoms with van der Waals surface area (Å²) < 4.78 is 12.1. The van der Waals surface area contributed by atoms with Crippen LogP contribution in [0.25, 0.3) is 0 Å². The molecule has 1 aliphatic heterocycles. The Morgan fingerprint density at radius 2 is 1.67 bits per heavy atom. The first-order valence-corrected chi connectivity index (χ1v) is 7.76. The van der Waals surface area contributed by atoms with Crippen LogP contribution in [0.1, 0.15) is 45.2 Å². The molecule has 0 spiro atoms. The van der Waals surface area contributed by atoms with Gasteiger partial charge < -0.3 is 9.31 Å². The molecule has 0 radical (unpaired) electrons. The lowest BCUT2D eigenvalue weighted by molar-refractivity contribution is -0.118. The number of carbonyl (C=O) groups is 1. The third-order valence-electron chi connectivity index (χ3n) is 4.89. The van der Waals surface area contributed by atoms with Gasteiger partial charge in [-0.05, 0) is 51.3 Å². The van der Waals surface area contributed by atoms with Crippen molar-refractivity contribution in [3.05, 3.63) is 28.3 Å². The Labute approximate surface area is 131 Å². The minimum absolute atomic E-state index is 0.282. The number of carbonyl (C=O) groups excluding carboxylic acids is 1. The van der Waals surface area contributed by atoms with Gasteiger partial charge in [0.15, 0.2) is 0 Å². The summed E-state index contributed by atoms with van der Waals surface area (Å²) in [7, 11) is -0.482. The van der Waals surface area contributed by atoms with Crippen LogP contribution in [0.2, 0.25) is 5.02 Å². The van der Waals surface area contributed by atoms with Crippen LogP contribution in [0.3, 0.4) is 0 Å². The number of aryl methyl sites for hydroxylation is 1. The first-order valence-electron chi connectivity index (χ1n) is 7.38. The van der Waals surface area contributed by atoms with Crippen LogP contribution in [0, 0.1) is 0 Å². The Morgan fingerprint density at radius 3 is 2.29 bits per heavy atom. The molecule has 0 amide bonds. The Morgan fingerprint density at radius 1 is 1.05 bits per heavy atom. The lowest BCUT2D eigenvalue weighted by Crippen LogP contribution is -2.41. The minimum Gasteiger partial charge on any atom is -0.399 e. The van der Waals surface area contributed by atoms with Crippen LogP contribution in [-0.2, 0) is 26.9 Å². The molecule has 1 heterocycles. The predicted octanol–water partition coefficient (Wildman–Crippen LogP) is 2.70. The Bertz CT molecular complexity index is 594. The highest BCUT2D eigenvalue weighted by molar-refractivity contribution is 6.65. The fourth-order valence-electron chi connectivity index (χ4n) is 2.80. The first-order chi connectivity index (χ1) is 9.69. The van der Waals surface area contributed by atoms with Crippen LogP contribution >= 0.6 is 11.6 Å². The third-order valence-corrected chi connectivity index (χ3v) is 5.21. The van der Waals surface area contributed by atoms with Gasteiger partial charge in [-0.3, -0.25) is 4.79 Å². The van der Waals surface area contributed by atoms with E-state index in [2.05, 4.69) is 0 Å². The molecule has 1 aliphatic carbocycles. The molecule has 1 aromatic rings. The molecule has 1 saturated heterocycles. The Balaban J connectivity index is 1.97. The summed E-state index contributed by atoms with van der Waals surface area (Å²) in [6.07, 6.45) is 1.87. The average Bonchev–Trinajstić information content (AvgIpc) is 2.58. The van der Waals surface area contributed by atoms with E-state index in [-0.39, 0.29) is 5.78 Å². The van der Waals surface area contributed by atoms with Crippen molar-refractivity contribution in [1.29, 1.82) is 0 Å². The molecule has 0 saturated carbocycles. The number of hydrogen-bond acceptors (Lipinski definition) is 3. The van der Waals surface area contributed by atoms with E-state index in [1.165, 1.54) is 5.56 Å². The van der Waals surface area contributed by atoms with Crippen LogP contribution < -0.4 is 5.46 Å². The van der Waals surface area contributed by atoms with Gasteiger partial charge in [-0.25, -0.2) is 0 Å². The van der Waals surface area contributed by atoms with E-state index in [9.17, 15) is 4.79 Å². The summed E-state index contributed by atoms with van der Waals surface area (Å²) in [6, 6.07) is 3.95. The SMILES string of the molecule is CC1(C)OB(c2cc3c(cc2Cl)CCC(=O)C3)OC1(C)C. The number of rotatable bonds is 1. The summed E-state index contributed by atoms with van der Waals surface area (Å²) in [5.41, 5.74) is 2.25. The molecule has 5 heteroatoms. The van der Waals surface area contributed by atoms with Gasteiger partial charge in [-0.15, -0.1) is 0 Å². The smallest absolute Gasteiger partial charge is 0.399 e. The summed E-state index contributed by atoms with van der Waals surface area (Å²) in [5, 5.41) is 0.654. The molecule has 3 rings (SSSR count). The van der Waals surface area contributed by atoms with Gasteiger partial charge in [0.25, 0.3) is 0 Å². The maximum absolute atomic E-state index is 11.7. The largest absolute Gasteiger partial charge is 0.496 e. The van der Waals surface area contributed by atoms with E-state index >= 15 is 0 Å². The van der Waals surface area contributed by atoms with E-state index in [1.54, 1.807) is 0 Å². The number of halogens is 1. The lowest BCUT2D eigenvalue weighted by Gasteiger charge is -2.32. The van der Waals surface area contributed by atoms with Crippen molar-refractivity contribution in [2.45, 2.75) is 58.2 Å². The Kier molecular flexibility index (Phi) is 3.47. The molecule has 0 aromatic heterocycles. The lowest BCUT2D eigenvalue weighted by atomic mass is 9.76. The van der Waals surface area contributed by atoms with E-state index < -0.39 is 18.3 Å². The van der Waals surface area contributed by atoms with Crippen molar-refractivity contribution in [2.75, 3.05) is 0 Å². The zero-order valence-electron chi connectivity index (χ0n) is 13.0. The molecule has 0 atom stereocenters. The molecule has 1 fully saturated rings. The standard InChI is InChI=1S/C16H20BClO3/c1-15(2)16(3,4)21-17(20-15)13-8-11-7-12(19)6-5-10(11)9-14(13)18/h8-9H,5-7H2,1-4H3. The zero-order chi connectivity index (χ0) is 15.4. The van der Waals surface area contributed by atoms with E-state index in [0.717, 1.165) is 17.4 Å². The van der Waals surface area contributed by atoms with Gasteiger partial charge in [0, 0.05) is 23.3 Å². The van der Waals surface area contributed by atoms with E-state index in [0.29, 0.717) is 17.9 Å². The van der Waals surface area contributed by atoms with Gasteiger partial charge in [-0.2, -0.15) is 0 Å². The number of Topliss-reactive ketones (excluding diaryl/α,β-unsaturated/α-hetero) is 1. The molecule has 3 nitrogen and oxygen atoms in total. The molecule has 1 aromatic carbocycles. The van der Waals surface area contributed by atoms with Gasteiger partial charge >= 0.3 is 7.12 Å². The van der Waals surface area contributed by atoms with Crippen molar-refractivity contribution in [3.8, 4) is 0 Å². The number of benzene rings is 1. The summed E-state index contributed by atoms with van der Waals surface area (Å²) >= 11 is 6.42. The molecule has 0 N–H and O–H groups in total. The second kappa shape index (κ2) is 4.84. The molecule has 0 unspecified atom stereocenters. The van der Waals surface area contributed by atoms with Crippen LogP contribution in [0.5, 0.6) is 0 Å². The van der Waals surface area contributed by atoms with Crippen LogP contribution in [-0.4, -0.2) is 24.1 Å². The predicted molar refractivity (Wildman–Crippen MR) is 84.2 cm³/mol. The molecular weight excluding hydrogens is 286 g/mol. The van der Waals surface area contributed by atoms with Crippen molar-refractivity contribution < 1.29 is 14.1 Å². The van der Waals surface area contributed by atoms with Crippen molar-refractivity contribution in [1.82, 2.24) is 0 Å². The summed E-state index contributed by atoms with van der Waals surface area (Å²) in [4.78, 5) is 11.7. The zero-order valence-corrected chi connectivity index (χ0v) is 13.7. The van der Waals surface area contributed by atoms with Crippen molar-refractivity contribution in [2.24, 2.45) is 0 Å². The fraction of sp³-hybridized carbons (Fsp3) is 0.562. The average molecular weight is 307 g/mol. The van der Waals surface area contributed by atoms with Gasteiger partial charge in [0.1, 0.15) is 5.78 Å². The van der Waals surface area contributed by atoms with Gasteiger partial charge in [0.05, 0.1) is 11.2 Å². The van der Waals surface area contributed by atoms with Crippen LogP contribution in [0.15, 0.2) is 12.1 Å². The third kappa shape index (κ3) is 2.54. The number of fused-ring (bicyclic) bond motifs is 1. The van der Waals surface area contributed by atoms with Gasteiger partial charge in [0.2, 0.25) is 0 Å². The highest BCUT2D eigenvalue weighted by Gasteiger charge is 2.52. The highest BCUT2D eigenvalue weighted by Crippen LogP contribution is 2.37. The van der Waals surface area contributed by atoms with Crippen molar-refractivity contribution in [3.63, 3.8) is 0 Å². The Hall–Kier alpha value is -0.835. The summed E-state index contributed by atoms with van der Waals surface area (Å²) in [6.45, 7) is 8.07. The van der Waals surface area contributed by atoms with Gasteiger partial charge in [-0.1, -0.05) is 17.7 Å². The topological polar surface area (TPSA) is 35.5 Å². The quantitative estimate of drug-likeness (QED) is 0.748. The maximum atomic E-state index is 11.7. The number of hydrogen-bond donors (Lipinski definition) is 0. The molecule has 2 aliphatic rings. The minimum atomic E-state index is -0.482. The van der Waals surface area contributed by atoms with E-state index in [4.69, 9.17) is 20.9 Å². The maximum Gasteiger partial charge on any atom is 0.496 e. The normalized spacial score (nSPS) is 23.3. The fourth-order valence-corrected chi connectivity index (χ4v) is 3.08. The monoisotopic (exact) mass is 306 g/mol. The number of ketones is 1. The second-order valence-electron chi connectivity index (χ2n) is 6.95. The molecular formula is C16H20BClO3. The van der Waals surface area contributed by atoms with Crippen molar-refractivity contribution >= 4 is 30.0 Å². The second-order valence-corrected chi connectivity index (χ2v) is 7.35. The summed E-state index contributed by atoms with van der Waals surface area (Å²) in [5.74, 6) is 0.282. The highest BCUT2D eigenvalue weighted by atomic mass is 35.5. The molecule has 21 heavy (non-hydrogen) atoms. The molecule has 0 bridgehead atoms. The van der Waals surface area contributed by atoms with E-state index in [1.807, 2.05) is 39.8 Å². The molecule has 112 valence electrons. The first kappa shape index (κ1) is 15.1.